The van der Waals surface area contributed by atoms with Crippen LogP contribution in [-0.4, -0.2) is 24.4 Å². The van der Waals surface area contributed by atoms with Crippen LogP contribution in [0.5, 0.6) is 0 Å². The molecule has 2 aromatic rings. The third kappa shape index (κ3) is 3.75. The number of ketones is 1. The summed E-state index contributed by atoms with van der Waals surface area (Å²) in [6.45, 7) is 5.99. The van der Waals surface area contributed by atoms with Gasteiger partial charge < -0.3 is 10.2 Å². The SMILES string of the molecule is CC1(C)CN(CCC(=O)c2ccc(Br)cc2)c2ccccc2N1. The van der Waals surface area contributed by atoms with Crippen LogP contribution in [0.3, 0.4) is 0 Å². The van der Waals surface area contributed by atoms with Crippen LogP contribution in [0.4, 0.5) is 11.4 Å². The third-order valence-corrected chi connectivity index (χ3v) is 4.61. The molecule has 0 fully saturated rings. The number of nitrogens with one attached hydrogen (secondary N) is 1. The molecule has 0 aromatic heterocycles. The fourth-order valence-corrected chi connectivity index (χ4v) is 3.30. The third-order valence-electron chi connectivity index (χ3n) is 4.08. The van der Waals surface area contributed by atoms with Gasteiger partial charge in [-0.3, -0.25) is 4.79 Å². The van der Waals surface area contributed by atoms with Crippen LogP contribution in [-0.2, 0) is 0 Å². The zero-order valence-electron chi connectivity index (χ0n) is 13.5. The van der Waals surface area contributed by atoms with E-state index in [1.54, 1.807) is 0 Å². The van der Waals surface area contributed by atoms with Gasteiger partial charge in [0.1, 0.15) is 0 Å². The second-order valence-corrected chi connectivity index (χ2v) is 7.54. The van der Waals surface area contributed by atoms with Crippen molar-refractivity contribution in [3.05, 3.63) is 58.6 Å². The molecule has 3 nitrogen and oxygen atoms in total. The minimum absolute atomic E-state index is 0.00495. The van der Waals surface area contributed by atoms with Crippen LogP contribution in [0.25, 0.3) is 0 Å². The summed E-state index contributed by atoms with van der Waals surface area (Å²) in [6, 6.07) is 15.9. The molecule has 1 aliphatic rings. The molecule has 1 heterocycles. The van der Waals surface area contributed by atoms with E-state index in [0.29, 0.717) is 6.42 Å². The van der Waals surface area contributed by atoms with Gasteiger partial charge in [-0.05, 0) is 38.1 Å². The Bertz CT molecular complexity index is 710. The lowest BCUT2D eigenvalue weighted by atomic mass is 9.98. The lowest BCUT2D eigenvalue weighted by Gasteiger charge is -2.42. The predicted octanol–water partition coefficient (Wildman–Crippen LogP) is 4.73. The maximum atomic E-state index is 12.4. The quantitative estimate of drug-likeness (QED) is 0.787. The van der Waals surface area contributed by atoms with E-state index in [9.17, 15) is 4.79 Å². The highest BCUT2D eigenvalue weighted by molar-refractivity contribution is 9.10. The van der Waals surface area contributed by atoms with Gasteiger partial charge in [-0.1, -0.05) is 40.2 Å². The summed E-state index contributed by atoms with van der Waals surface area (Å²) in [6.07, 6.45) is 0.520. The number of carbonyl (C=O) groups excluding carboxylic acids is 1. The highest BCUT2D eigenvalue weighted by Gasteiger charge is 2.29. The Morgan fingerprint density at radius 2 is 1.87 bits per heavy atom. The largest absolute Gasteiger partial charge is 0.377 e. The first-order chi connectivity index (χ1) is 10.9. The van der Waals surface area contributed by atoms with Gasteiger partial charge in [-0.15, -0.1) is 0 Å². The van der Waals surface area contributed by atoms with Crippen molar-refractivity contribution >= 4 is 33.1 Å². The molecule has 23 heavy (non-hydrogen) atoms. The molecule has 0 amide bonds. The average Bonchev–Trinajstić information content (AvgIpc) is 2.52. The van der Waals surface area contributed by atoms with Crippen LogP contribution >= 0.6 is 15.9 Å². The highest BCUT2D eigenvalue weighted by atomic mass is 79.9. The van der Waals surface area contributed by atoms with Crippen molar-refractivity contribution in [1.29, 1.82) is 0 Å². The first kappa shape index (κ1) is 16.1. The first-order valence-corrected chi connectivity index (χ1v) is 8.65. The maximum Gasteiger partial charge on any atom is 0.164 e. The lowest BCUT2D eigenvalue weighted by Crippen LogP contribution is -2.49. The van der Waals surface area contributed by atoms with E-state index in [-0.39, 0.29) is 11.3 Å². The molecular formula is C19H21BrN2O. The number of fused-ring (bicyclic) bond motifs is 1. The molecule has 0 atom stereocenters. The van der Waals surface area contributed by atoms with Crippen molar-refractivity contribution in [3.8, 4) is 0 Å². The summed E-state index contributed by atoms with van der Waals surface area (Å²) in [7, 11) is 0. The Hall–Kier alpha value is -1.81. The minimum atomic E-state index is -0.00495. The molecular weight excluding hydrogens is 352 g/mol. The number of benzene rings is 2. The van der Waals surface area contributed by atoms with Crippen LogP contribution in [0.15, 0.2) is 53.0 Å². The molecule has 0 spiro atoms. The molecule has 0 unspecified atom stereocenters. The fraction of sp³-hybridized carbons (Fsp3) is 0.316. The second-order valence-electron chi connectivity index (χ2n) is 6.63. The van der Waals surface area contributed by atoms with Crippen molar-refractivity contribution in [2.24, 2.45) is 0 Å². The van der Waals surface area contributed by atoms with Crippen molar-refractivity contribution in [2.75, 3.05) is 23.3 Å². The van der Waals surface area contributed by atoms with E-state index in [1.807, 2.05) is 36.4 Å². The molecule has 0 aliphatic carbocycles. The summed E-state index contributed by atoms with van der Waals surface area (Å²) in [5, 5.41) is 3.56. The van der Waals surface area contributed by atoms with Gasteiger partial charge in [0.2, 0.25) is 0 Å². The highest BCUT2D eigenvalue weighted by Crippen LogP contribution is 2.34. The number of rotatable bonds is 4. The number of nitrogens with zero attached hydrogens (tertiary/aromatic N) is 1. The zero-order valence-corrected chi connectivity index (χ0v) is 15.1. The molecule has 1 aliphatic heterocycles. The van der Waals surface area contributed by atoms with Gasteiger partial charge in [0.05, 0.1) is 11.4 Å². The van der Waals surface area contributed by atoms with E-state index in [2.05, 4.69) is 52.1 Å². The van der Waals surface area contributed by atoms with E-state index in [0.717, 1.165) is 28.8 Å². The normalized spacial score (nSPS) is 15.7. The number of para-hydroxylation sites is 2. The Morgan fingerprint density at radius 3 is 2.61 bits per heavy atom. The predicted molar refractivity (Wildman–Crippen MR) is 99.4 cm³/mol. The van der Waals surface area contributed by atoms with Gasteiger partial charge in [-0.2, -0.15) is 0 Å². The van der Waals surface area contributed by atoms with E-state index in [1.165, 1.54) is 5.69 Å². The topological polar surface area (TPSA) is 32.3 Å². The Labute approximate surface area is 145 Å². The van der Waals surface area contributed by atoms with Crippen molar-refractivity contribution in [3.63, 3.8) is 0 Å². The van der Waals surface area contributed by atoms with Crippen molar-refractivity contribution in [1.82, 2.24) is 0 Å². The summed E-state index contributed by atoms with van der Waals surface area (Å²) in [5.41, 5.74) is 3.08. The Kier molecular flexibility index (Phi) is 4.44. The van der Waals surface area contributed by atoms with Crippen LogP contribution in [0.2, 0.25) is 0 Å². The molecule has 1 N–H and O–H groups in total. The number of halogens is 1. The molecule has 120 valence electrons. The zero-order chi connectivity index (χ0) is 16.4. The summed E-state index contributed by atoms with van der Waals surface area (Å²) < 4.78 is 0.992. The summed E-state index contributed by atoms with van der Waals surface area (Å²) in [5.74, 6) is 0.186. The van der Waals surface area contributed by atoms with Gasteiger partial charge >= 0.3 is 0 Å². The number of Topliss-reactive ketones (excluding diaryl/α,β-unsaturated/α-hetero) is 1. The minimum Gasteiger partial charge on any atom is -0.377 e. The number of carbonyl (C=O) groups is 1. The Morgan fingerprint density at radius 1 is 1.17 bits per heavy atom. The number of hydrogen-bond acceptors (Lipinski definition) is 3. The smallest absolute Gasteiger partial charge is 0.164 e. The van der Waals surface area contributed by atoms with E-state index >= 15 is 0 Å². The fourth-order valence-electron chi connectivity index (χ4n) is 3.04. The standard InChI is InChI=1S/C19H21BrN2O/c1-19(2)13-22(17-6-4-3-5-16(17)21-19)12-11-18(23)14-7-9-15(20)10-8-14/h3-10,21H,11-13H2,1-2H3. The number of hydrogen-bond donors (Lipinski definition) is 1. The van der Waals surface area contributed by atoms with Gasteiger partial charge in [0, 0.05) is 35.1 Å². The first-order valence-electron chi connectivity index (χ1n) is 7.85. The molecule has 2 aromatic carbocycles. The molecule has 0 saturated heterocycles. The van der Waals surface area contributed by atoms with Crippen LogP contribution in [0, 0.1) is 0 Å². The van der Waals surface area contributed by atoms with E-state index in [4.69, 9.17) is 0 Å². The molecule has 0 radical (unpaired) electrons. The van der Waals surface area contributed by atoms with Crippen LogP contribution in [0.1, 0.15) is 30.6 Å². The van der Waals surface area contributed by atoms with E-state index < -0.39 is 0 Å². The Balaban J connectivity index is 1.72. The maximum absolute atomic E-state index is 12.4. The monoisotopic (exact) mass is 372 g/mol. The second kappa shape index (κ2) is 6.36. The lowest BCUT2D eigenvalue weighted by molar-refractivity contribution is 0.0984. The van der Waals surface area contributed by atoms with Gasteiger partial charge in [-0.25, -0.2) is 0 Å². The average molecular weight is 373 g/mol. The van der Waals surface area contributed by atoms with Crippen molar-refractivity contribution < 1.29 is 4.79 Å². The molecule has 0 bridgehead atoms. The molecule has 0 saturated carbocycles. The van der Waals surface area contributed by atoms with Gasteiger partial charge in [0.25, 0.3) is 0 Å². The number of anilines is 2. The van der Waals surface area contributed by atoms with Crippen LogP contribution < -0.4 is 10.2 Å². The summed E-state index contributed by atoms with van der Waals surface area (Å²) >= 11 is 3.40. The summed E-state index contributed by atoms with van der Waals surface area (Å²) in [4.78, 5) is 14.7. The van der Waals surface area contributed by atoms with Crippen molar-refractivity contribution in [2.45, 2.75) is 25.8 Å². The molecule has 4 heteroatoms. The molecule has 3 rings (SSSR count). The van der Waals surface area contributed by atoms with Gasteiger partial charge in [0.15, 0.2) is 5.78 Å².